The maximum absolute atomic E-state index is 12.4. The van der Waals surface area contributed by atoms with Crippen LogP contribution in [0, 0.1) is 0 Å². The van der Waals surface area contributed by atoms with Crippen molar-refractivity contribution in [2.75, 3.05) is 29.6 Å². The van der Waals surface area contributed by atoms with Crippen molar-refractivity contribution in [1.82, 2.24) is 4.98 Å². The Bertz CT molecular complexity index is 691. The quantitative estimate of drug-likeness (QED) is 0.879. The molecule has 0 spiro atoms. The number of rotatable bonds is 5. The number of hydrogen-bond acceptors (Lipinski definition) is 4. The molecule has 1 fully saturated rings. The fraction of sp³-hybridized carbons (Fsp3) is 0.368. The lowest BCUT2D eigenvalue weighted by Gasteiger charge is -2.14. The van der Waals surface area contributed by atoms with E-state index in [4.69, 9.17) is 0 Å². The summed E-state index contributed by atoms with van der Waals surface area (Å²) >= 11 is 0. The minimum absolute atomic E-state index is 0.143. The van der Waals surface area contributed by atoms with Crippen molar-refractivity contribution in [2.24, 2.45) is 0 Å². The van der Waals surface area contributed by atoms with E-state index >= 15 is 0 Å². The Morgan fingerprint density at radius 1 is 1.08 bits per heavy atom. The molecular formula is C19H24N4O. The standard InChI is InChI=1S/C19H24N4O/c1-23(2)18-9-7-16(8-10-18)22-19(24)14-11-17(13-20-12-14)21-15-5-3-4-6-15/h7-13,15,21H,3-6H2,1-2H3,(H,22,24). The van der Waals surface area contributed by atoms with Crippen molar-refractivity contribution in [3.05, 3.63) is 48.3 Å². The lowest BCUT2D eigenvalue weighted by atomic mass is 10.2. The van der Waals surface area contributed by atoms with E-state index in [-0.39, 0.29) is 5.91 Å². The molecule has 1 aliphatic rings. The molecule has 0 radical (unpaired) electrons. The summed E-state index contributed by atoms with van der Waals surface area (Å²) in [4.78, 5) is 18.7. The number of nitrogens with one attached hydrogen (secondary N) is 2. The van der Waals surface area contributed by atoms with Crippen molar-refractivity contribution in [1.29, 1.82) is 0 Å². The molecule has 0 saturated heterocycles. The number of hydrogen-bond donors (Lipinski definition) is 2. The molecule has 0 unspecified atom stereocenters. The molecule has 0 atom stereocenters. The van der Waals surface area contributed by atoms with Crippen LogP contribution in [0.4, 0.5) is 17.1 Å². The maximum atomic E-state index is 12.4. The molecule has 2 aromatic rings. The van der Waals surface area contributed by atoms with Gasteiger partial charge in [0.1, 0.15) is 0 Å². The molecule has 5 nitrogen and oxygen atoms in total. The summed E-state index contributed by atoms with van der Waals surface area (Å²) in [7, 11) is 3.98. The van der Waals surface area contributed by atoms with Crippen molar-refractivity contribution in [3.8, 4) is 0 Å². The summed E-state index contributed by atoms with van der Waals surface area (Å²) in [6.45, 7) is 0. The zero-order valence-electron chi connectivity index (χ0n) is 14.2. The van der Waals surface area contributed by atoms with Crippen LogP contribution in [0.5, 0.6) is 0 Å². The number of nitrogens with zero attached hydrogens (tertiary/aromatic N) is 2. The molecule has 1 heterocycles. The fourth-order valence-corrected chi connectivity index (χ4v) is 3.00. The molecule has 1 aromatic heterocycles. The highest BCUT2D eigenvalue weighted by molar-refractivity contribution is 6.04. The van der Waals surface area contributed by atoms with E-state index in [9.17, 15) is 4.79 Å². The summed E-state index contributed by atoms with van der Waals surface area (Å²) < 4.78 is 0. The normalized spacial score (nSPS) is 14.4. The molecule has 3 rings (SSSR count). The number of benzene rings is 1. The van der Waals surface area contributed by atoms with Gasteiger partial charge < -0.3 is 15.5 Å². The summed E-state index contributed by atoms with van der Waals surface area (Å²) in [5.74, 6) is -0.143. The lowest BCUT2D eigenvalue weighted by molar-refractivity contribution is 0.102. The van der Waals surface area contributed by atoms with Gasteiger partial charge in [0.05, 0.1) is 11.3 Å². The Morgan fingerprint density at radius 2 is 1.79 bits per heavy atom. The van der Waals surface area contributed by atoms with E-state index in [0.29, 0.717) is 11.6 Å². The SMILES string of the molecule is CN(C)c1ccc(NC(=O)c2cncc(NC3CCCC3)c2)cc1. The number of carbonyl (C=O) groups excluding carboxylic acids is 1. The summed E-state index contributed by atoms with van der Waals surface area (Å²) in [5.41, 5.74) is 3.35. The van der Waals surface area contributed by atoms with Gasteiger partial charge >= 0.3 is 0 Å². The van der Waals surface area contributed by atoms with Crippen molar-refractivity contribution >= 4 is 23.0 Å². The average Bonchev–Trinajstić information content (AvgIpc) is 3.08. The van der Waals surface area contributed by atoms with Crippen molar-refractivity contribution < 1.29 is 4.79 Å². The molecule has 5 heteroatoms. The van der Waals surface area contributed by atoms with E-state index in [1.54, 1.807) is 12.4 Å². The third-order valence-corrected chi connectivity index (χ3v) is 4.37. The van der Waals surface area contributed by atoms with Crippen molar-refractivity contribution in [2.45, 2.75) is 31.7 Å². The first kappa shape index (κ1) is 16.3. The smallest absolute Gasteiger partial charge is 0.257 e. The van der Waals surface area contributed by atoms with E-state index in [0.717, 1.165) is 17.1 Å². The minimum Gasteiger partial charge on any atom is -0.381 e. The van der Waals surface area contributed by atoms with Gasteiger partial charge in [-0.25, -0.2) is 0 Å². The molecule has 1 amide bonds. The van der Waals surface area contributed by atoms with Gasteiger partial charge in [-0.2, -0.15) is 0 Å². The molecule has 0 aliphatic heterocycles. The number of carbonyl (C=O) groups is 1. The van der Waals surface area contributed by atoms with Gasteiger partial charge in [-0.3, -0.25) is 9.78 Å². The highest BCUT2D eigenvalue weighted by atomic mass is 16.1. The van der Waals surface area contributed by atoms with E-state index in [1.807, 2.05) is 49.3 Å². The maximum Gasteiger partial charge on any atom is 0.257 e. The van der Waals surface area contributed by atoms with Crippen LogP contribution in [0.3, 0.4) is 0 Å². The Morgan fingerprint density at radius 3 is 2.46 bits per heavy atom. The zero-order valence-corrected chi connectivity index (χ0v) is 14.2. The van der Waals surface area contributed by atoms with Crippen LogP contribution in [0.1, 0.15) is 36.0 Å². The second-order valence-electron chi connectivity index (χ2n) is 6.48. The van der Waals surface area contributed by atoms with Gasteiger partial charge in [-0.15, -0.1) is 0 Å². The van der Waals surface area contributed by atoms with Gasteiger partial charge in [0.15, 0.2) is 0 Å². The van der Waals surface area contributed by atoms with Gasteiger partial charge in [-0.1, -0.05) is 12.8 Å². The van der Waals surface area contributed by atoms with Gasteiger partial charge in [0.2, 0.25) is 0 Å². The second kappa shape index (κ2) is 7.34. The predicted octanol–water partition coefficient (Wildman–Crippen LogP) is 3.75. The molecule has 0 bridgehead atoms. The first-order chi connectivity index (χ1) is 11.6. The van der Waals surface area contributed by atoms with Crippen LogP contribution >= 0.6 is 0 Å². The van der Waals surface area contributed by atoms with E-state index < -0.39 is 0 Å². The van der Waals surface area contributed by atoms with Crippen LogP contribution in [0.2, 0.25) is 0 Å². The third-order valence-electron chi connectivity index (χ3n) is 4.37. The van der Waals surface area contributed by atoms with Crippen LogP contribution in [0.25, 0.3) is 0 Å². The fourth-order valence-electron chi connectivity index (χ4n) is 3.00. The molecule has 1 aliphatic carbocycles. The van der Waals surface area contributed by atoms with Crippen LogP contribution in [-0.4, -0.2) is 31.0 Å². The van der Waals surface area contributed by atoms with Crippen LogP contribution < -0.4 is 15.5 Å². The van der Waals surface area contributed by atoms with Crippen LogP contribution in [0.15, 0.2) is 42.7 Å². The number of pyridine rings is 1. The lowest BCUT2D eigenvalue weighted by Crippen LogP contribution is -2.16. The van der Waals surface area contributed by atoms with E-state index in [2.05, 4.69) is 15.6 Å². The first-order valence-corrected chi connectivity index (χ1v) is 8.42. The molecule has 126 valence electrons. The number of anilines is 3. The largest absolute Gasteiger partial charge is 0.381 e. The van der Waals surface area contributed by atoms with Gasteiger partial charge in [0.25, 0.3) is 5.91 Å². The van der Waals surface area contributed by atoms with E-state index in [1.165, 1.54) is 25.7 Å². The zero-order chi connectivity index (χ0) is 16.9. The molecule has 2 N–H and O–H groups in total. The Kier molecular flexibility index (Phi) is 4.99. The number of amides is 1. The van der Waals surface area contributed by atoms with Gasteiger partial charge in [0, 0.05) is 43.9 Å². The van der Waals surface area contributed by atoms with Gasteiger partial charge in [-0.05, 0) is 43.2 Å². The molecule has 1 saturated carbocycles. The molecule has 24 heavy (non-hydrogen) atoms. The highest BCUT2D eigenvalue weighted by Gasteiger charge is 2.15. The van der Waals surface area contributed by atoms with Crippen LogP contribution in [-0.2, 0) is 0 Å². The highest BCUT2D eigenvalue weighted by Crippen LogP contribution is 2.22. The molecule has 1 aromatic carbocycles. The summed E-state index contributed by atoms with van der Waals surface area (Å²) in [6, 6.07) is 10.1. The Hall–Kier alpha value is -2.56. The number of aromatic nitrogens is 1. The first-order valence-electron chi connectivity index (χ1n) is 8.42. The Labute approximate surface area is 143 Å². The second-order valence-corrected chi connectivity index (χ2v) is 6.48. The molecular weight excluding hydrogens is 300 g/mol. The summed E-state index contributed by atoms with van der Waals surface area (Å²) in [6.07, 6.45) is 8.30. The monoisotopic (exact) mass is 324 g/mol. The predicted molar refractivity (Wildman–Crippen MR) is 98.8 cm³/mol. The minimum atomic E-state index is -0.143. The topological polar surface area (TPSA) is 57.3 Å². The summed E-state index contributed by atoms with van der Waals surface area (Å²) in [5, 5.41) is 6.39. The Balaban J connectivity index is 1.65. The third kappa shape index (κ3) is 4.04. The average molecular weight is 324 g/mol. The van der Waals surface area contributed by atoms with Crippen molar-refractivity contribution in [3.63, 3.8) is 0 Å².